The summed E-state index contributed by atoms with van der Waals surface area (Å²) in [6, 6.07) is 14.8. The van der Waals surface area contributed by atoms with Gasteiger partial charge in [0.2, 0.25) is 0 Å². The van der Waals surface area contributed by atoms with E-state index in [4.69, 9.17) is 4.74 Å². The Morgan fingerprint density at radius 1 is 1.05 bits per heavy atom. The van der Waals surface area contributed by atoms with Crippen LogP contribution in [0.4, 0.5) is 0 Å². The van der Waals surface area contributed by atoms with Crippen molar-refractivity contribution in [1.82, 2.24) is 0 Å². The van der Waals surface area contributed by atoms with Gasteiger partial charge in [0, 0.05) is 11.5 Å². The Kier molecular flexibility index (Phi) is 7.26. The zero-order valence-corrected chi connectivity index (χ0v) is 13.7. The van der Waals surface area contributed by atoms with Gasteiger partial charge in [-0.1, -0.05) is 42.5 Å². The molecule has 0 saturated heterocycles. The predicted octanol–water partition coefficient (Wildman–Crippen LogP) is 3.70. The molecule has 3 nitrogen and oxygen atoms in total. The first kappa shape index (κ1) is 16.8. The summed E-state index contributed by atoms with van der Waals surface area (Å²) < 4.78 is 10.3. The van der Waals surface area contributed by atoms with Gasteiger partial charge in [-0.15, -0.1) is 0 Å². The molecule has 4 heteroatoms. The van der Waals surface area contributed by atoms with Crippen molar-refractivity contribution >= 4 is 28.5 Å². The van der Waals surface area contributed by atoms with Crippen molar-refractivity contribution in [3.63, 3.8) is 0 Å². The van der Waals surface area contributed by atoms with Crippen LogP contribution >= 0.6 is 11.8 Å². The van der Waals surface area contributed by atoms with E-state index in [1.165, 1.54) is 23.4 Å². The molecular weight excluding hydrogens is 296 g/mol. The smallest absolute Gasteiger partial charge is 0.306 e. The van der Waals surface area contributed by atoms with E-state index < -0.39 is 0 Å². The Balaban J connectivity index is 1.63. The third-order valence-corrected chi connectivity index (χ3v) is 4.39. The summed E-state index contributed by atoms with van der Waals surface area (Å²) in [5.74, 6) is 1.55. The highest BCUT2D eigenvalue weighted by molar-refractivity contribution is 7.99. The van der Waals surface area contributed by atoms with Gasteiger partial charge >= 0.3 is 5.97 Å². The quantitative estimate of drug-likeness (QED) is 0.522. The number of methoxy groups -OCH3 is 1. The van der Waals surface area contributed by atoms with Gasteiger partial charge in [-0.2, -0.15) is 11.8 Å². The third kappa shape index (κ3) is 5.35. The van der Waals surface area contributed by atoms with Gasteiger partial charge < -0.3 is 9.47 Å². The van der Waals surface area contributed by atoms with E-state index in [0.717, 1.165) is 31.1 Å². The number of hydrogen-bond acceptors (Lipinski definition) is 4. The third-order valence-electron chi connectivity index (χ3n) is 3.45. The van der Waals surface area contributed by atoms with Crippen LogP contribution in [-0.4, -0.2) is 37.8 Å². The van der Waals surface area contributed by atoms with Crippen molar-refractivity contribution in [3.8, 4) is 0 Å². The van der Waals surface area contributed by atoms with E-state index in [0.29, 0.717) is 6.42 Å². The number of ether oxygens (including phenoxy) is 2. The molecule has 0 amide bonds. The highest BCUT2D eigenvalue weighted by Crippen LogP contribution is 2.18. The van der Waals surface area contributed by atoms with Crippen LogP contribution in [-0.2, 0) is 20.7 Å². The Hall–Kier alpha value is -1.52. The van der Waals surface area contributed by atoms with Crippen molar-refractivity contribution in [2.24, 2.45) is 0 Å². The zero-order chi connectivity index (χ0) is 15.6. The maximum Gasteiger partial charge on any atom is 0.306 e. The molecule has 0 aliphatic heterocycles. The van der Waals surface area contributed by atoms with Gasteiger partial charge in [0.25, 0.3) is 0 Å². The summed E-state index contributed by atoms with van der Waals surface area (Å²) in [5, 5.41) is 2.58. The van der Waals surface area contributed by atoms with Crippen LogP contribution in [0.5, 0.6) is 0 Å². The maximum atomic E-state index is 10.9. The minimum Gasteiger partial charge on any atom is -0.469 e. The standard InChI is InChI=1S/C18H22O3S/c1-20-18(19)10-13-22-14-12-21-11-9-16-7-4-6-15-5-2-3-8-17(15)16/h2-8H,9-14H2,1H3. The molecule has 0 bridgehead atoms. The number of thioether (sulfide) groups is 1. The average molecular weight is 318 g/mol. The van der Waals surface area contributed by atoms with Crippen LogP contribution in [0.3, 0.4) is 0 Å². The summed E-state index contributed by atoms with van der Waals surface area (Å²) in [5.41, 5.74) is 1.33. The van der Waals surface area contributed by atoms with Crippen LogP contribution < -0.4 is 0 Å². The monoisotopic (exact) mass is 318 g/mol. The first-order valence-corrected chi connectivity index (χ1v) is 8.65. The first-order valence-electron chi connectivity index (χ1n) is 7.50. The number of fused-ring (bicyclic) bond motifs is 1. The summed E-state index contributed by atoms with van der Waals surface area (Å²) in [6.45, 7) is 1.45. The Labute approximate surface area is 136 Å². The molecule has 2 rings (SSSR count). The number of benzene rings is 2. The first-order chi connectivity index (χ1) is 10.8. The van der Waals surface area contributed by atoms with E-state index in [-0.39, 0.29) is 5.97 Å². The lowest BCUT2D eigenvalue weighted by atomic mass is 10.0. The minimum atomic E-state index is -0.149. The fourth-order valence-corrected chi connectivity index (χ4v) is 3.02. The summed E-state index contributed by atoms with van der Waals surface area (Å²) in [7, 11) is 1.42. The zero-order valence-electron chi connectivity index (χ0n) is 12.9. The predicted molar refractivity (Wildman–Crippen MR) is 92.4 cm³/mol. The largest absolute Gasteiger partial charge is 0.469 e. The molecule has 0 aliphatic rings. The highest BCUT2D eigenvalue weighted by atomic mass is 32.2. The van der Waals surface area contributed by atoms with E-state index in [9.17, 15) is 4.79 Å². The molecule has 118 valence electrons. The molecule has 0 saturated carbocycles. The van der Waals surface area contributed by atoms with Crippen LogP contribution in [0.15, 0.2) is 42.5 Å². The molecule has 0 radical (unpaired) electrons. The fraction of sp³-hybridized carbons (Fsp3) is 0.389. The number of esters is 1. The number of hydrogen-bond donors (Lipinski definition) is 0. The van der Waals surface area contributed by atoms with Gasteiger partial charge in [-0.3, -0.25) is 4.79 Å². The van der Waals surface area contributed by atoms with Crippen molar-refractivity contribution in [3.05, 3.63) is 48.0 Å². The number of carbonyl (C=O) groups excluding carboxylic acids is 1. The van der Waals surface area contributed by atoms with Gasteiger partial charge in [0.1, 0.15) is 0 Å². The summed E-state index contributed by atoms with van der Waals surface area (Å²) >= 11 is 1.72. The SMILES string of the molecule is COC(=O)CCSCCOCCc1cccc2ccccc12. The second-order valence-corrected chi connectivity index (χ2v) is 6.16. The molecule has 0 aliphatic carbocycles. The molecule has 0 N–H and O–H groups in total. The van der Waals surface area contributed by atoms with E-state index >= 15 is 0 Å². The second-order valence-electron chi connectivity index (χ2n) is 4.94. The average Bonchev–Trinajstić information content (AvgIpc) is 2.57. The fourth-order valence-electron chi connectivity index (χ4n) is 2.27. The lowest BCUT2D eigenvalue weighted by Crippen LogP contribution is -2.05. The molecule has 2 aromatic rings. The molecule has 22 heavy (non-hydrogen) atoms. The van der Waals surface area contributed by atoms with E-state index in [2.05, 4.69) is 47.2 Å². The van der Waals surface area contributed by atoms with Crippen molar-refractivity contribution < 1.29 is 14.3 Å². The van der Waals surface area contributed by atoms with Crippen molar-refractivity contribution in [2.75, 3.05) is 31.8 Å². The molecule has 0 unspecified atom stereocenters. The van der Waals surface area contributed by atoms with Gasteiger partial charge in [-0.25, -0.2) is 0 Å². The van der Waals surface area contributed by atoms with Crippen LogP contribution in [0.2, 0.25) is 0 Å². The van der Waals surface area contributed by atoms with Crippen molar-refractivity contribution in [2.45, 2.75) is 12.8 Å². The number of rotatable bonds is 9. The van der Waals surface area contributed by atoms with Gasteiger partial charge in [-0.05, 0) is 22.8 Å². The maximum absolute atomic E-state index is 10.9. The molecule has 0 heterocycles. The van der Waals surface area contributed by atoms with E-state index in [1.54, 1.807) is 11.8 Å². The van der Waals surface area contributed by atoms with Gasteiger partial charge in [0.15, 0.2) is 0 Å². The van der Waals surface area contributed by atoms with E-state index in [1.807, 2.05) is 0 Å². The summed E-state index contributed by atoms with van der Waals surface area (Å²) in [4.78, 5) is 10.9. The second kappa shape index (κ2) is 9.49. The van der Waals surface area contributed by atoms with Crippen molar-refractivity contribution in [1.29, 1.82) is 0 Å². The molecule has 0 fully saturated rings. The van der Waals surface area contributed by atoms with Gasteiger partial charge in [0.05, 0.1) is 26.7 Å². The molecule has 0 aromatic heterocycles. The molecule has 0 atom stereocenters. The van der Waals surface area contributed by atoms with Crippen LogP contribution in [0.25, 0.3) is 10.8 Å². The number of carbonyl (C=O) groups is 1. The Morgan fingerprint density at radius 2 is 1.86 bits per heavy atom. The Bertz CT molecular complexity index is 592. The highest BCUT2D eigenvalue weighted by Gasteiger charge is 2.01. The molecule has 2 aromatic carbocycles. The summed E-state index contributed by atoms with van der Waals surface area (Å²) in [6.07, 6.45) is 1.39. The van der Waals surface area contributed by atoms with Crippen LogP contribution in [0, 0.1) is 0 Å². The normalized spacial score (nSPS) is 10.8. The molecule has 0 spiro atoms. The molecular formula is C18H22O3S. The topological polar surface area (TPSA) is 35.5 Å². The lowest BCUT2D eigenvalue weighted by Gasteiger charge is -2.07. The Morgan fingerprint density at radius 3 is 2.73 bits per heavy atom. The lowest BCUT2D eigenvalue weighted by molar-refractivity contribution is -0.140. The van der Waals surface area contributed by atoms with Crippen LogP contribution in [0.1, 0.15) is 12.0 Å². The minimum absolute atomic E-state index is 0.149.